The van der Waals surface area contributed by atoms with Gasteiger partial charge in [0, 0.05) is 12.8 Å². The van der Waals surface area contributed by atoms with Gasteiger partial charge in [-0.2, -0.15) is 0 Å². The van der Waals surface area contributed by atoms with E-state index < -0.39 is 284 Å². The second-order valence-corrected chi connectivity index (χ2v) is 30.0. The van der Waals surface area contributed by atoms with E-state index in [-0.39, 0.29) is 89.8 Å². The lowest BCUT2D eigenvalue weighted by atomic mass is 9.94. The smallest absolute Gasteiger partial charge is 0.326 e. The van der Waals surface area contributed by atoms with E-state index in [4.69, 9.17) is 40.1 Å². The van der Waals surface area contributed by atoms with Crippen molar-refractivity contribution in [2.24, 2.45) is 69.7 Å². The van der Waals surface area contributed by atoms with Gasteiger partial charge in [-0.3, -0.25) is 107 Å². The van der Waals surface area contributed by atoms with Crippen LogP contribution in [0.3, 0.4) is 0 Å². The highest BCUT2D eigenvalue weighted by atomic mass is 16.4. The fraction of sp³-hybridized carbons (Fsp3) is 0.708. The minimum absolute atomic E-state index is 0.0983. The van der Waals surface area contributed by atoms with Crippen molar-refractivity contribution in [1.29, 1.82) is 0 Å². The molecule has 0 aromatic heterocycles. The summed E-state index contributed by atoms with van der Waals surface area (Å²) in [6, 6.07) is -20.9. The molecule has 49 nitrogen and oxygen atoms in total. The zero-order valence-electron chi connectivity index (χ0n) is 70.4. The van der Waals surface area contributed by atoms with E-state index in [9.17, 15) is 116 Å². The molecular formula is C72H130N25O24+. The number of carbonyl (C=O) groups is 21. The third-order valence-electron chi connectivity index (χ3n) is 18.9. The van der Waals surface area contributed by atoms with Crippen molar-refractivity contribution in [2.75, 3.05) is 32.7 Å². The van der Waals surface area contributed by atoms with Crippen molar-refractivity contribution < 1.29 is 122 Å². The summed E-state index contributed by atoms with van der Waals surface area (Å²) in [6.07, 6.45) is -6.37. The molecule has 0 saturated heterocycles. The molecule has 0 aliphatic rings. The number of rotatable bonds is 62. The molecule has 0 aromatic rings. The summed E-state index contributed by atoms with van der Waals surface area (Å²) in [5.41, 5.74) is 41.7. The largest absolute Gasteiger partial charge is 0.481 e. The van der Waals surface area contributed by atoms with E-state index in [2.05, 4.69) is 90.8 Å². The van der Waals surface area contributed by atoms with Crippen LogP contribution in [0.2, 0.25) is 0 Å². The molecule has 0 aliphatic carbocycles. The Morgan fingerprint density at radius 2 is 0.645 bits per heavy atom. The molecule has 0 unspecified atom stereocenters. The van der Waals surface area contributed by atoms with Gasteiger partial charge in [0.05, 0.1) is 32.4 Å². The van der Waals surface area contributed by atoms with Crippen LogP contribution in [0.4, 0.5) is 0 Å². The van der Waals surface area contributed by atoms with E-state index in [1.807, 2.05) is 5.32 Å². The van der Waals surface area contributed by atoms with Gasteiger partial charge in [0.25, 0.3) is 5.91 Å². The summed E-state index contributed by atoms with van der Waals surface area (Å²) in [5, 5.41) is 70.4. The monoisotopic (exact) mass is 1730 g/mol. The molecule has 16 atom stereocenters. The number of carboxylic acids is 3. The summed E-state index contributed by atoms with van der Waals surface area (Å²) in [4.78, 5) is 279. The van der Waals surface area contributed by atoms with Gasteiger partial charge in [-0.05, 0) is 94.5 Å². The number of nitrogens with two attached hydrogens (primary N) is 7. The van der Waals surface area contributed by atoms with Crippen molar-refractivity contribution in [3.63, 3.8) is 0 Å². The zero-order chi connectivity index (χ0) is 92.8. The van der Waals surface area contributed by atoms with Crippen LogP contribution in [-0.2, 0) is 101 Å². The number of quaternary nitrogens is 1. The molecule has 0 saturated carbocycles. The molecule has 0 fully saturated rings. The molecule has 0 aromatic carbocycles. The predicted octanol–water partition coefficient (Wildman–Crippen LogP) is -11.8. The topological polar surface area (TPSA) is 833 Å². The summed E-state index contributed by atoms with van der Waals surface area (Å²) in [6.45, 7) is 15.4. The normalized spacial score (nSPS) is 15.2. The van der Waals surface area contributed by atoms with Crippen LogP contribution in [0.25, 0.3) is 0 Å². The number of primary amides is 3. The maximum Gasteiger partial charge on any atom is 0.326 e. The van der Waals surface area contributed by atoms with Gasteiger partial charge in [-0.1, -0.05) is 88.5 Å². The number of amides is 18. The first-order valence-corrected chi connectivity index (χ1v) is 39.7. The lowest BCUT2D eigenvalue weighted by Crippen LogP contribution is -2.61. The molecule has 0 bridgehead atoms. The molecule has 0 heterocycles. The lowest BCUT2D eigenvalue weighted by Gasteiger charge is -2.30. The number of hydrogen-bond acceptors (Lipinski definition) is 27. The SMILES string of the molecule is CC[C@H](C)[C@H](NC(=O)[C@H](C)NC(=O)[C@H](CC(C)C)NC(=O)[C@H](CCC(N)=O)NC(=O)[C@H](CCCNC(N)N)NC(=O)CNC(=O)[C@@H](NC(=O)[C@H](CCC(N)=O)NC(=O)C[NH3+])C(C)C)C(=O)N[C@H](C(=O)NCC(=O)N[C@@H](CC(=O)O)C(=O)N[C@@H](CC(=O)O)C(=O)N[C@H](C(=O)N[C@@H](CC(N)=O)C(=O)N[C@@H](CCCNC(N)N)C(=O)O)[C@@H](C)CC)[C@@H](C)CC. The van der Waals surface area contributed by atoms with E-state index in [1.165, 1.54) is 13.8 Å². The van der Waals surface area contributed by atoms with Crippen molar-refractivity contribution in [3.05, 3.63) is 0 Å². The Morgan fingerprint density at radius 3 is 1.06 bits per heavy atom. The minimum atomic E-state index is -2.13. The van der Waals surface area contributed by atoms with Crippen molar-refractivity contribution in [3.8, 4) is 0 Å². The summed E-state index contributed by atoms with van der Waals surface area (Å²) in [5.74, 6) is -26.6. The van der Waals surface area contributed by atoms with Crippen LogP contribution < -0.4 is 136 Å². The Bertz CT molecular complexity index is 3550. The fourth-order valence-corrected chi connectivity index (χ4v) is 11.4. The zero-order valence-corrected chi connectivity index (χ0v) is 70.4. The molecule has 0 radical (unpaired) electrons. The van der Waals surface area contributed by atoms with Gasteiger partial charge in [0.15, 0.2) is 6.54 Å². The molecule has 686 valence electrons. The van der Waals surface area contributed by atoms with Crippen LogP contribution in [0, 0.1) is 29.6 Å². The Labute approximate surface area is 699 Å². The van der Waals surface area contributed by atoms with Gasteiger partial charge >= 0.3 is 17.9 Å². The molecule has 121 heavy (non-hydrogen) atoms. The van der Waals surface area contributed by atoms with Gasteiger partial charge in [0.1, 0.15) is 91.1 Å². The van der Waals surface area contributed by atoms with Crippen LogP contribution in [-0.4, -0.2) is 263 Å². The van der Waals surface area contributed by atoms with Gasteiger partial charge in [0.2, 0.25) is 100 Å². The van der Waals surface area contributed by atoms with Crippen molar-refractivity contribution in [2.45, 2.75) is 264 Å². The quantitative estimate of drug-likeness (QED) is 0.0199. The molecule has 0 aliphatic heterocycles. The minimum Gasteiger partial charge on any atom is -0.481 e. The molecule has 37 N–H and O–H groups in total. The van der Waals surface area contributed by atoms with Crippen LogP contribution in [0.15, 0.2) is 0 Å². The van der Waals surface area contributed by atoms with Gasteiger partial charge in [-0.25, -0.2) is 4.79 Å². The van der Waals surface area contributed by atoms with E-state index in [0.29, 0.717) is 0 Å². The number of hydrogen-bond donors (Lipinski definition) is 28. The number of carbonyl (C=O) groups excluding carboxylic acids is 18. The average Bonchev–Trinajstić information content (AvgIpc) is 0.847. The highest BCUT2D eigenvalue weighted by molar-refractivity contribution is 6.02. The summed E-state index contributed by atoms with van der Waals surface area (Å²) >= 11 is 0. The highest BCUT2D eigenvalue weighted by Gasteiger charge is 2.40. The highest BCUT2D eigenvalue weighted by Crippen LogP contribution is 2.16. The van der Waals surface area contributed by atoms with Crippen molar-refractivity contribution >= 4 is 124 Å². The van der Waals surface area contributed by atoms with Gasteiger partial charge in [-0.15, -0.1) is 0 Å². The standard InChI is InChI=1S/C72H129N25O24/c1-12-34(8)55(67(117)84-31-51(103)88-44(27-52(104)105)64(114)92-45(28-53(106)107)65(115)96-56(35(9)13-2)68(118)93-43(26-48(76)100)63(113)90-41(70(120)121)18-16-24-82-72(79)80)97-69(119)57(36(10)14-3)95-58(108)37(11)85-62(112)42(25-32(4)5)91-60(110)40(20-22-47(75)99)89-59(109)38(17-15-23-81-71(77)78)87-50(102)30-83-66(116)54(33(6)7)94-61(111)39(19-21-46(74)98)86-49(101)29-73/h32-45,54-57,71-72,81-82H,12-31,73,77-80H2,1-11H3,(H2,74,98)(H2,75,99)(H2,76,100)(H,83,116)(H,84,117)(H,85,112)(H,86,101)(H,87,102)(H,88,103)(H,89,109)(H,90,113)(H,91,110)(H,92,114)(H,93,118)(H,94,111)(H,95,108)(H,96,115)(H,97,119)(H,104,105)(H,106,107)(H,120,121)/p+1/t34-,35-,36-,37-,38-,39-,40-,41-,42-,43-,44-,45-,54-,55-,56-,57-/m0/s1. The summed E-state index contributed by atoms with van der Waals surface area (Å²) < 4.78 is 0. The molecule has 18 amide bonds. The molecule has 49 heteroatoms. The lowest BCUT2D eigenvalue weighted by molar-refractivity contribution is -0.355. The maximum atomic E-state index is 14.3. The molecule has 0 rings (SSSR count). The van der Waals surface area contributed by atoms with Crippen LogP contribution in [0.5, 0.6) is 0 Å². The predicted molar refractivity (Wildman–Crippen MR) is 429 cm³/mol. The first kappa shape index (κ1) is 110. The average molecular weight is 1730 g/mol. The molecular weight excluding hydrogens is 1600 g/mol. The second-order valence-electron chi connectivity index (χ2n) is 30.0. The Kier molecular flexibility index (Phi) is 51.6. The Hall–Kier alpha value is -11.4. The number of aliphatic carboxylic acids is 3. The third kappa shape index (κ3) is 44.5. The van der Waals surface area contributed by atoms with Crippen LogP contribution >= 0.6 is 0 Å². The van der Waals surface area contributed by atoms with Crippen molar-refractivity contribution in [1.82, 2.24) is 90.4 Å². The first-order chi connectivity index (χ1) is 56.4. The first-order valence-electron chi connectivity index (χ1n) is 39.7. The second kappa shape index (κ2) is 56.9. The number of carboxylic acid groups (broad SMARTS) is 3. The Morgan fingerprint density at radius 1 is 0.331 bits per heavy atom. The van der Waals surface area contributed by atoms with Gasteiger partial charge < -0.3 is 141 Å². The van der Waals surface area contributed by atoms with E-state index >= 15 is 0 Å². The number of nitrogens with one attached hydrogen (secondary N) is 17. The maximum absolute atomic E-state index is 14.3. The van der Waals surface area contributed by atoms with E-state index in [0.717, 1.165) is 0 Å². The third-order valence-corrected chi connectivity index (χ3v) is 18.9. The van der Waals surface area contributed by atoms with Crippen LogP contribution in [0.1, 0.15) is 172 Å². The Balaban J connectivity index is 6.74. The van der Waals surface area contributed by atoms with E-state index in [1.54, 1.807) is 62.3 Å². The fourth-order valence-electron chi connectivity index (χ4n) is 11.4. The summed E-state index contributed by atoms with van der Waals surface area (Å²) in [7, 11) is 0. The molecule has 0 spiro atoms.